The molecular weight excluding hydrogens is 192 g/mol. The Morgan fingerprint density at radius 3 is 2.87 bits per heavy atom. The number of rotatable bonds is 4. The van der Waals surface area contributed by atoms with Crippen LogP contribution in [0.3, 0.4) is 0 Å². The van der Waals surface area contributed by atoms with E-state index in [9.17, 15) is 4.79 Å². The maximum Gasteiger partial charge on any atom is 0.302 e. The number of carbonyl (C=O) groups excluding carboxylic acids is 1. The summed E-state index contributed by atoms with van der Waals surface area (Å²) < 4.78 is 11.0. The van der Waals surface area contributed by atoms with Gasteiger partial charge in [-0.3, -0.25) is 4.79 Å². The standard InChI is InChI=1S/C12H22O3/c1-4-5-6-11-9(2)14-8-7-12(11)15-10(3)13/h9,11-12H,4-8H2,1-3H3. The van der Waals surface area contributed by atoms with Gasteiger partial charge in [0, 0.05) is 19.3 Å². The Balaban J connectivity index is 2.51. The monoisotopic (exact) mass is 214 g/mol. The Hall–Kier alpha value is -0.570. The summed E-state index contributed by atoms with van der Waals surface area (Å²) in [6.07, 6.45) is 4.58. The zero-order valence-corrected chi connectivity index (χ0v) is 9.99. The maximum absolute atomic E-state index is 11.0. The molecule has 3 atom stereocenters. The lowest BCUT2D eigenvalue weighted by molar-refractivity contribution is -0.161. The molecule has 0 bridgehead atoms. The molecule has 0 aliphatic carbocycles. The Morgan fingerprint density at radius 1 is 1.53 bits per heavy atom. The highest BCUT2D eigenvalue weighted by molar-refractivity contribution is 5.66. The first-order chi connectivity index (χ1) is 7.15. The lowest BCUT2D eigenvalue weighted by atomic mass is 9.87. The van der Waals surface area contributed by atoms with E-state index >= 15 is 0 Å². The minimum absolute atomic E-state index is 0.0674. The highest BCUT2D eigenvalue weighted by atomic mass is 16.6. The van der Waals surface area contributed by atoms with Gasteiger partial charge in [0.25, 0.3) is 0 Å². The molecule has 0 aromatic rings. The summed E-state index contributed by atoms with van der Waals surface area (Å²) in [5, 5.41) is 0. The van der Waals surface area contributed by atoms with Crippen LogP contribution in [-0.2, 0) is 14.3 Å². The van der Waals surface area contributed by atoms with E-state index in [1.165, 1.54) is 19.8 Å². The topological polar surface area (TPSA) is 35.5 Å². The van der Waals surface area contributed by atoms with E-state index in [-0.39, 0.29) is 18.2 Å². The van der Waals surface area contributed by atoms with Gasteiger partial charge in [-0.2, -0.15) is 0 Å². The van der Waals surface area contributed by atoms with Crippen LogP contribution in [-0.4, -0.2) is 24.8 Å². The molecule has 3 unspecified atom stereocenters. The number of hydrogen-bond acceptors (Lipinski definition) is 3. The molecule has 0 spiro atoms. The summed E-state index contributed by atoms with van der Waals surface area (Å²) in [4.78, 5) is 11.0. The Labute approximate surface area is 92.1 Å². The van der Waals surface area contributed by atoms with Crippen molar-refractivity contribution in [2.45, 2.75) is 58.7 Å². The van der Waals surface area contributed by atoms with Crippen LogP contribution < -0.4 is 0 Å². The highest BCUT2D eigenvalue weighted by Crippen LogP contribution is 2.28. The van der Waals surface area contributed by atoms with Crippen molar-refractivity contribution in [3.05, 3.63) is 0 Å². The molecule has 3 heteroatoms. The number of hydrogen-bond donors (Lipinski definition) is 0. The summed E-state index contributed by atoms with van der Waals surface area (Å²) in [6, 6.07) is 0. The minimum Gasteiger partial charge on any atom is -0.462 e. The van der Waals surface area contributed by atoms with Gasteiger partial charge >= 0.3 is 5.97 Å². The van der Waals surface area contributed by atoms with Gasteiger partial charge in [0.15, 0.2) is 0 Å². The molecule has 1 aliphatic heterocycles. The van der Waals surface area contributed by atoms with Crippen LogP contribution in [0.5, 0.6) is 0 Å². The molecule has 3 nitrogen and oxygen atoms in total. The summed E-state index contributed by atoms with van der Waals surface area (Å²) in [5.41, 5.74) is 0. The SMILES string of the molecule is CCCCC1C(C)OCCC1OC(C)=O. The maximum atomic E-state index is 11.0. The van der Waals surface area contributed by atoms with Gasteiger partial charge in [0.2, 0.25) is 0 Å². The zero-order chi connectivity index (χ0) is 11.3. The van der Waals surface area contributed by atoms with Gasteiger partial charge < -0.3 is 9.47 Å². The second-order valence-electron chi connectivity index (χ2n) is 4.32. The number of carbonyl (C=O) groups is 1. The van der Waals surface area contributed by atoms with Crippen LogP contribution in [0.25, 0.3) is 0 Å². The van der Waals surface area contributed by atoms with Crippen molar-refractivity contribution in [1.29, 1.82) is 0 Å². The van der Waals surface area contributed by atoms with Crippen molar-refractivity contribution in [3.63, 3.8) is 0 Å². The Bertz CT molecular complexity index is 203. The molecular formula is C12H22O3. The van der Waals surface area contributed by atoms with Crippen molar-refractivity contribution < 1.29 is 14.3 Å². The highest BCUT2D eigenvalue weighted by Gasteiger charge is 2.32. The lowest BCUT2D eigenvalue weighted by Gasteiger charge is -2.35. The van der Waals surface area contributed by atoms with E-state index in [1.807, 2.05) is 0 Å². The number of esters is 1. The normalized spacial score (nSPS) is 31.3. The summed E-state index contributed by atoms with van der Waals surface area (Å²) in [7, 11) is 0. The molecule has 0 aromatic heterocycles. The van der Waals surface area contributed by atoms with Crippen molar-refractivity contribution in [2.24, 2.45) is 5.92 Å². The predicted molar refractivity (Wildman–Crippen MR) is 58.6 cm³/mol. The smallest absolute Gasteiger partial charge is 0.302 e. The Morgan fingerprint density at radius 2 is 2.27 bits per heavy atom. The van der Waals surface area contributed by atoms with Crippen molar-refractivity contribution in [3.8, 4) is 0 Å². The fourth-order valence-electron chi connectivity index (χ4n) is 2.23. The average Bonchev–Trinajstić information content (AvgIpc) is 2.16. The van der Waals surface area contributed by atoms with Crippen LogP contribution >= 0.6 is 0 Å². The van der Waals surface area contributed by atoms with Crippen LogP contribution in [0.2, 0.25) is 0 Å². The molecule has 1 saturated heterocycles. The molecule has 0 aromatic carbocycles. The first-order valence-electron chi connectivity index (χ1n) is 5.94. The molecule has 1 heterocycles. The van der Waals surface area contributed by atoms with Crippen LogP contribution in [0, 0.1) is 5.92 Å². The molecule has 0 saturated carbocycles. The van der Waals surface area contributed by atoms with Crippen LogP contribution in [0.15, 0.2) is 0 Å². The van der Waals surface area contributed by atoms with Crippen LogP contribution in [0.4, 0.5) is 0 Å². The fraction of sp³-hybridized carbons (Fsp3) is 0.917. The third-order valence-corrected chi connectivity index (χ3v) is 3.07. The lowest BCUT2D eigenvalue weighted by Crippen LogP contribution is -2.40. The molecule has 1 aliphatic rings. The molecule has 1 rings (SSSR count). The molecule has 0 radical (unpaired) electrons. The largest absolute Gasteiger partial charge is 0.462 e. The summed E-state index contributed by atoms with van der Waals surface area (Å²) in [5.74, 6) is 0.207. The third-order valence-electron chi connectivity index (χ3n) is 3.07. The van der Waals surface area contributed by atoms with E-state index in [2.05, 4.69) is 13.8 Å². The summed E-state index contributed by atoms with van der Waals surface area (Å²) in [6.45, 7) is 6.45. The van der Waals surface area contributed by atoms with Gasteiger partial charge in [0.1, 0.15) is 6.10 Å². The minimum atomic E-state index is -0.171. The molecule has 15 heavy (non-hydrogen) atoms. The van der Waals surface area contributed by atoms with Gasteiger partial charge in [-0.15, -0.1) is 0 Å². The van der Waals surface area contributed by atoms with Crippen LogP contribution in [0.1, 0.15) is 46.5 Å². The fourth-order valence-corrected chi connectivity index (χ4v) is 2.23. The zero-order valence-electron chi connectivity index (χ0n) is 9.99. The number of ether oxygens (including phenoxy) is 2. The Kier molecular flexibility index (Phi) is 5.09. The first kappa shape index (κ1) is 12.5. The third kappa shape index (κ3) is 3.82. The summed E-state index contributed by atoms with van der Waals surface area (Å²) >= 11 is 0. The molecule has 1 fully saturated rings. The van der Waals surface area contributed by atoms with Crippen molar-refractivity contribution >= 4 is 5.97 Å². The van der Waals surface area contributed by atoms with Crippen molar-refractivity contribution in [2.75, 3.05) is 6.61 Å². The van der Waals surface area contributed by atoms with E-state index < -0.39 is 0 Å². The average molecular weight is 214 g/mol. The molecule has 0 N–H and O–H groups in total. The van der Waals surface area contributed by atoms with E-state index in [4.69, 9.17) is 9.47 Å². The predicted octanol–water partition coefficient (Wildman–Crippen LogP) is 2.53. The van der Waals surface area contributed by atoms with Gasteiger partial charge in [-0.1, -0.05) is 19.8 Å². The van der Waals surface area contributed by atoms with E-state index in [1.54, 1.807) is 0 Å². The van der Waals surface area contributed by atoms with Gasteiger partial charge in [0.05, 0.1) is 12.7 Å². The second kappa shape index (κ2) is 6.11. The first-order valence-corrected chi connectivity index (χ1v) is 5.94. The van der Waals surface area contributed by atoms with Gasteiger partial charge in [-0.05, 0) is 13.3 Å². The van der Waals surface area contributed by atoms with E-state index in [0.29, 0.717) is 12.5 Å². The molecule has 0 amide bonds. The number of unbranched alkanes of at least 4 members (excludes halogenated alkanes) is 1. The van der Waals surface area contributed by atoms with E-state index in [0.717, 1.165) is 12.8 Å². The second-order valence-corrected chi connectivity index (χ2v) is 4.32. The molecule has 88 valence electrons. The quantitative estimate of drug-likeness (QED) is 0.675. The van der Waals surface area contributed by atoms with Crippen molar-refractivity contribution in [1.82, 2.24) is 0 Å². The van der Waals surface area contributed by atoms with Gasteiger partial charge in [-0.25, -0.2) is 0 Å².